The lowest BCUT2D eigenvalue weighted by atomic mass is 9.89. The van der Waals surface area contributed by atoms with Gasteiger partial charge in [0.25, 0.3) is 5.91 Å². The fourth-order valence-corrected chi connectivity index (χ4v) is 4.56. The molecule has 2 fully saturated rings. The van der Waals surface area contributed by atoms with Crippen LogP contribution in [-0.2, 0) is 0 Å². The van der Waals surface area contributed by atoms with Crippen molar-refractivity contribution in [2.24, 2.45) is 11.8 Å². The molecule has 0 unspecified atom stereocenters. The second-order valence-electron chi connectivity index (χ2n) is 7.27. The van der Waals surface area contributed by atoms with E-state index in [-0.39, 0.29) is 17.8 Å². The third kappa shape index (κ3) is 2.65. The number of nitrogens with zero attached hydrogens (tertiary/aromatic N) is 3. The summed E-state index contributed by atoms with van der Waals surface area (Å²) < 4.78 is 18.8. The van der Waals surface area contributed by atoms with Crippen LogP contribution in [0.3, 0.4) is 0 Å². The van der Waals surface area contributed by atoms with Gasteiger partial charge in [-0.2, -0.15) is 0 Å². The number of likely N-dealkylation sites (tertiary alicyclic amines) is 2. The Morgan fingerprint density at radius 3 is 2.76 bits per heavy atom. The van der Waals surface area contributed by atoms with Crippen molar-refractivity contribution < 1.29 is 13.7 Å². The molecule has 1 amide bonds. The van der Waals surface area contributed by atoms with Crippen LogP contribution in [0.2, 0.25) is 0 Å². The van der Waals surface area contributed by atoms with Crippen LogP contribution in [0.5, 0.6) is 0 Å². The second kappa shape index (κ2) is 5.95. The van der Waals surface area contributed by atoms with Gasteiger partial charge in [-0.15, -0.1) is 0 Å². The molecule has 0 bridgehead atoms. The molecule has 132 valence electrons. The van der Waals surface area contributed by atoms with Gasteiger partial charge in [-0.3, -0.25) is 9.69 Å². The average Bonchev–Trinajstić information content (AvgIpc) is 3.19. The highest BCUT2D eigenvalue weighted by molar-refractivity contribution is 5.96. The van der Waals surface area contributed by atoms with E-state index in [4.69, 9.17) is 4.52 Å². The summed E-state index contributed by atoms with van der Waals surface area (Å²) in [7, 11) is 2.08. The Hall–Kier alpha value is -2.21. The van der Waals surface area contributed by atoms with Crippen molar-refractivity contribution in [3.05, 3.63) is 52.7 Å². The standard InChI is InChI=1S/C19H22FN3O2/c1-11-17(12(2)25-21-11)19(24)23-9-14-8-22(3)18(16(14)10-23)13-5-4-6-15(20)7-13/h4-7,14,16,18H,8-10H2,1-3H3/t14-,16+,18-/m0/s1. The molecular formula is C19H22FN3O2. The van der Waals surface area contributed by atoms with Crippen molar-refractivity contribution in [2.75, 3.05) is 26.7 Å². The Labute approximate surface area is 146 Å². The van der Waals surface area contributed by atoms with Gasteiger partial charge >= 0.3 is 0 Å². The molecule has 2 aliphatic rings. The van der Waals surface area contributed by atoms with Crippen molar-refractivity contribution in [1.29, 1.82) is 0 Å². The van der Waals surface area contributed by atoms with Crippen LogP contribution < -0.4 is 0 Å². The number of carbonyl (C=O) groups is 1. The predicted molar refractivity (Wildman–Crippen MR) is 90.6 cm³/mol. The Kier molecular flexibility index (Phi) is 3.87. The Balaban J connectivity index is 1.58. The fraction of sp³-hybridized carbons (Fsp3) is 0.474. The molecule has 0 spiro atoms. The molecule has 2 aliphatic heterocycles. The van der Waals surface area contributed by atoms with Crippen LogP contribution in [0.25, 0.3) is 0 Å². The summed E-state index contributed by atoms with van der Waals surface area (Å²) in [4.78, 5) is 17.1. The molecule has 0 aliphatic carbocycles. The third-order valence-corrected chi connectivity index (χ3v) is 5.62. The number of amides is 1. The highest BCUT2D eigenvalue weighted by Gasteiger charge is 2.47. The minimum absolute atomic E-state index is 0.00806. The molecule has 0 radical (unpaired) electrons. The molecule has 3 atom stereocenters. The number of aromatic nitrogens is 1. The number of halogens is 1. The fourth-order valence-electron chi connectivity index (χ4n) is 4.56. The molecule has 0 N–H and O–H groups in total. The van der Waals surface area contributed by atoms with Crippen molar-refractivity contribution in [2.45, 2.75) is 19.9 Å². The zero-order valence-electron chi connectivity index (χ0n) is 14.7. The zero-order chi connectivity index (χ0) is 17.7. The lowest BCUT2D eigenvalue weighted by Gasteiger charge is -2.27. The van der Waals surface area contributed by atoms with Gasteiger partial charge in [0.15, 0.2) is 0 Å². The number of aryl methyl sites for hydroxylation is 2. The zero-order valence-corrected chi connectivity index (χ0v) is 14.7. The maximum atomic E-state index is 13.7. The van der Waals surface area contributed by atoms with Crippen LogP contribution in [0.4, 0.5) is 4.39 Å². The molecule has 25 heavy (non-hydrogen) atoms. The number of hydrogen-bond acceptors (Lipinski definition) is 4. The largest absolute Gasteiger partial charge is 0.361 e. The summed E-state index contributed by atoms with van der Waals surface area (Å²) in [6, 6.07) is 6.96. The number of carbonyl (C=O) groups excluding carboxylic acids is 1. The first kappa shape index (κ1) is 16.3. The Bertz CT molecular complexity index is 799. The molecule has 4 rings (SSSR count). The van der Waals surface area contributed by atoms with Gasteiger partial charge < -0.3 is 9.42 Å². The van der Waals surface area contributed by atoms with Crippen LogP contribution in [0, 0.1) is 31.5 Å². The molecule has 5 nitrogen and oxygen atoms in total. The van der Waals surface area contributed by atoms with E-state index in [1.807, 2.05) is 11.0 Å². The minimum atomic E-state index is -0.212. The van der Waals surface area contributed by atoms with Gasteiger partial charge in [0.05, 0.1) is 5.69 Å². The summed E-state index contributed by atoms with van der Waals surface area (Å²) in [5.74, 6) is 1.07. The van der Waals surface area contributed by atoms with E-state index >= 15 is 0 Å². The van der Waals surface area contributed by atoms with Crippen molar-refractivity contribution in [1.82, 2.24) is 15.0 Å². The van der Waals surface area contributed by atoms with Gasteiger partial charge in [0.2, 0.25) is 0 Å². The van der Waals surface area contributed by atoms with Crippen LogP contribution in [-0.4, -0.2) is 47.5 Å². The van der Waals surface area contributed by atoms with E-state index in [9.17, 15) is 9.18 Å². The van der Waals surface area contributed by atoms with Gasteiger partial charge in [-0.1, -0.05) is 17.3 Å². The van der Waals surface area contributed by atoms with Crippen molar-refractivity contribution in [3.63, 3.8) is 0 Å². The molecule has 1 aromatic heterocycles. The summed E-state index contributed by atoms with van der Waals surface area (Å²) in [6.07, 6.45) is 0. The number of hydrogen-bond donors (Lipinski definition) is 0. The van der Waals surface area contributed by atoms with Gasteiger partial charge in [0.1, 0.15) is 17.1 Å². The van der Waals surface area contributed by atoms with Crippen LogP contribution in [0.1, 0.15) is 33.4 Å². The highest BCUT2D eigenvalue weighted by Crippen LogP contribution is 2.44. The SMILES string of the molecule is Cc1noc(C)c1C(=O)N1C[C@@H]2CN(C)[C@@H](c3cccc(F)c3)[C@@H]2C1. The lowest BCUT2D eigenvalue weighted by Crippen LogP contribution is -2.33. The smallest absolute Gasteiger partial charge is 0.259 e. The molecule has 2 aromatic rings. The third-order valence-electron chi connectivity index (χ3n) is 5.62. The first-order valence-electron chi connectivity index (χ1n) is 8.63. The summed E-state index contributed by atoms with van der Waals surface area (Å²) in [5.41, 5.74) is 2.20. The number of benzene rings is 1. The van der Waals surface area contributed by atoms with Crippen LogP contribution >= 0.6 is 0 Å². The molecule has 1 aromatic carbocycles. The van der Waals surface area contributed by atoms with E-state index in [0.717, 1.165) is 18.7 Å². The lowest BCUT2D eigenvalue weighted by molar-refractivity contribution is 0.0765. The Morgan fingerprint density at radius 1 is 1.28 bits per heavy atom. The van der Waals surface area contributed by atoms with E-state index in [2.05, 4.69) is 17.1 Å². The van der Waals surface area contributed by atoms with E-state index in [0.29, 0.717) is 35.4 Å². The first-order chi connectivity index (χ1) is 12.0. The Morgan fingerprint density at radius 2 is 2.08 bits per heavy atom. The first-order valence-corrected chi connectivity index (χ1v) is 8.63. The summed E-state index contributed by atoms with van der Waals surface area (Å²) >= 11 is 0. The van der Waals surface area contributed by atoms with Gasteiger partial charge in [0, 0.05) is 31.6 Å². The maximum absolute atomic E-state index is 13.7. The normalized spacial score (nSPS) is 26.2. The van der Waals surface area contributed by atoms with E-state index in [1.165, 1.54) is 6.07 Å². The maximum Gasteiger partial charge on any atom is 0.259 e. The van der Waals surface area contributed by atoms with Crippen molar-refractivity contribution in [3.8, 4) is 0 Å². The molecule has 0 saturated carbocycles. The summed E-state index contributed by atoms with van der Waals surface area (Å²) in [6.45, 7) is 5.89. The minimum Gasteiger partial charge on any atom is -0.361 e. The topological polar surface area (TPSA) is 49.6 Å². The number of rotatable bonds is 2. The summed E-state index contributed by atoms with van der Waals surface area (Å²) in [5, 5.41) is 3.89. The van der Waals surface area contributed by atoms with Crippen molar-refractivity contribution >= 4 is 5.91 Å². The number of fused-ring (bicyclic) bond motifs is 1. The quantitative estimate of drug-likeness (QED) is 0.841. The van der Waals surface area contributed by atoms with Gasteiger partial charge in [-0.05, 0) is 44.5 Å². The molecule has 2 saturated heterocycles. The van der Waals surface area contributed by atoms with E-state index in [1.54, 1.807) is 26.0 Å². The molecular weight excluding hydrogens is 321 g/mol. The highest BCUT2D eigenvalue weighted by atomic mass is 19.1. The predicted octanol–water partition coefficient (Wildman–Crippen LogP) is 2.81. The van der Waals surface area contributed by atoms with Crippen LogP contribution in [0.15, 0.2) is 28.8 Å². The second-order valence-corrected chi connectivity index (χ2v) is 7.27. The average molecular weight is 343 g/mol. The molecule has 6 heteroatoms. The van der Waals surface area contributed by atoms with E-state index < -0.39 is 0 Å². The molecule has 3 heterocycles. The van der Waals surface area contributed by atoms with Gasteiger partial charge in [-0.25, -0.2) is 4.39 Å². The monoisotopic (exact) mass is 343 g/mol.